The molecule has 2 aliphatic heterocycles. The Morgan fingerprint density at radius 3 is 2.59 bits per heavy atom. The number of nitrogens with zero attached hydrogens (tertiary/aromatic N) is 1. The van der Waals surface area contributed by atoms with Crippen LogP contribution in [0.25, 0.3) is 0 Å². The fraction of sp³-hybridized carbons (Fsp3) is 0.917. The van der Waals surface area contributed by atoms with Gasteiger partial charge in [-0.1, -0.05) is 0 Å². The van der Waals surface area contributed by atoms with E-state index < -0.39 is 11.7 Å². The number of amides is 1. The lowest BCUT2D eigenvalue weighted by atomic mass is 9.77. The SMILES string of the molecule is CC(C)(C)OC(=O)N1CC(O)CC2(COC2)C1. The molecule has 2 rings (SSSR count). The largest absolute Gasteiger partial charge is 0.444 e. The van der Waals surface area contributed by atoms with Crippen molar-refractivity contribution in [3.8, 4) is 0 Å². The summed E-state index contributed by atoms with van der Waals surface area (Å²) in [5, 5.41) is 9.82. The van der Waals surface area contributed by atoms with Gasteiger partial charge in [0.05, 0.1) is 19.3 Å². The number of likely N-dealkylation sites (tertiary alicyclic amines) is 1. The normalized spacial score (nSPS) is 27.8. The van der Waals surface area contributed by atoms with E-state index in [4.69, 9.17) is 9.47 Å². The molecule has 2 fully saturated rings. The molecule has 2 aliphatic rings. The fourth-order valence-electron chi connectivity index (χ4n) is 2.42. The zero-order valence-electron chi connectivity index (χ0n) is 10.7. The van der Waals surface area contributed by atoms with Crippen LogP contribution in [0.5, 0.6) is 0 Å². The number of piperidine rings is 1. The molecular formula is C12H21NO4. The highest BCUT2D eigenvalue weighted by Gasteiger charge is 2.47. The van der Waals surface area contributed by atoms with E-state index in [9.17, 15) is 9.90 Å². The van der Waals surface area contributed by atoms with Crippen molar-refractivity contribution in [2.24, 2.45) is 5.41 Å². The molecule has 1 unspecified atom stereocenters. The zero-order chi connectivity index (χ0) is 12.7. The van der Waals surface area contributed by atoms with Crippen LogP contribution >= 0.6 is 0 Å². The minimum Gasteiger partial charge on any atom is -0.444 e. The predicted molar refractivity (Wildman–Crippen MR) is 61.7 cm³/mol. The molecule has 1 N–H and O–H groups in total. The standard InChI is InChI=1S/C12H21NO4/c1-11(2,3)17-10(15)13-5-9(14)4-12(6-13)7-16-8-12/h9,14H,4-8H2,1-3H3. The summed E-state index contributed by atoms with van der Waals surface area (Å²) in [5.74, 6) is 0. The van der Waals surface area contributed by atoms with E-state index in [1.807, 2.05) is 20.8 Å². The average Bonchev–Trinajstić information content (AvgIpc) is 2.11. The Kier molecular flexibility index (Phi) is 3.08. The van der Waals surface area contributed by atoms with Crippen molar-refractivity contribution in [3.63, 3.8) is 0 Å². The maximum absolute atomic E-state index is 11.9. The minimum atomic E-state index is -0.497. The summed E-state index contributed by atoms with van der Waals surface area (Å²) in [4.78, 5) is 13.5. The highest BCUT2D eigenvalue weighted by Crippen LogP contribution is 2.37. The summed E-state index contributed by atoms with van der Waals surface area (Å²) < 4.78 is 10.5. The van der Waals surface area contributed by atoms with E-state index in [0.29, 0.717) is 32.7 Å². The first-order valence-corrected chi connectivity index (χ1v) is 6.03. The lowest BCUT2D eigenvalue weighted by molar-refractivity contribution is -0.163. The molecule has 2 saturated heterocycles. The molecule has 98 valence electrons. The number of aliphatic hydroxyl groups excluding tert-OH is 1. The number of ether oxygens (including phenoxy) is 2. The number of hydrogen-bond acceptors (Lipinski definition) is 4. The lowest BCUT2D eigenvalue weighted by Crippen LogP contribution is -2.60. The van der Waals surface area contributed by atoms with Crippen LogP contribution < -0.4 is 0 Å². The number of aliphatic hydroxyl groups is 1. The Bertz CT molecular complexity index is 306. The Morgan fingerprint density at radius 2 is 2.12 bits per heavy atom. The van der Waals surface area contributed by atoms with Gasteiger partial charge in [-0.25, -0.2) is 4.79 Å². The number of hydrogen-bond donors (Lipinski definition) is 1. The van der Waals surface area contributed by atoms with Crippen LogP contribution in [-0.2, 0) is 9.47 Å². The smallest absolute Gasteiger partial charge is 0.410 e. The lowest BCUT2D eigenvalue weighted by Gasteiger charge is -2.49. The third-order valence-corrected chi connectivity index (χ3v) is 3.09. The maximum Gasteiger partial charge on any atom is 0.410 e. The summed E-state index contributed by atoms with van der Waals surface area (Å²) in [6.07, 6.45) is -0.102. The molecule has 0 aromatic rings. The molecule has 5 heteroatoms. The molecule has 5 nitrogen and oxygen atoms in total. The van der Waals surface area contributed by atoms with Gasteiger partial charge < -0.3 is 19.5 Å². The molecule has 17 heavy (non-hydrogen) atoms. The fourth-order valence-corrected chi connectivity index (χ4v) is 2.42. The van der Waals surface area contributed by atoms with Gasteiger partial charge >= 0.3 is 6.09 Å². The Hall–Kier alpha value is -0.810. The first-order chi connectivity index (χ1) is 7.80. The molecule has 1 amide bonds. The highest BCUT2D eigenvalue weighted by molar-refractivity contribution is 5.68. The molecule has 0 saturated carbocycles. The first-order valence-electron chi connectivity index (χ1n) is 6.03. The van der Waals surface area contributed by atoms with Gasteiger partial charge in [0.25, 0.3) is 0 Å². The van der Waals surface area contributed by atoms with Crippen LogP contribution in [0.1, 0.15) is 27.2 Å². The van der Waals surface area contributed by atoms with Crippen molar-refractivity contribution in [2.75, 3.05) is 26.3 Å². The van der Waals surface area contributed by atoms with E-state index in [-0.39, 0.29) is 11.5 Å². The van der Waals surface area contributed by atoms with Gasteiger partial charge in [-0.2, -0.15) is 0 Å². The van der Waals surface area contributed by atoms with Crippen molar-refractivity contribution < 1.29 is 19.4 Å². The van der Waals surface area contributed by atoms with Gasteiger partial charge in [-0.15, -0.1) is 0 Å². The average molecular weight is 243 g/mol. The van der Waals surface area contributed by atoms with Crippen LogP contribution in [0, 0.1) is 5.41 Å². The molecule has 0 aliphatic carbocycles. The van der Waals surface area contributed by atoms with Gasteiger partial charge in [0.2, 0.25) is 0 Å². The number of carbonyl (C=O) groups is 1. The van der Waals surface area contributed by atoms with Crippen LogP contribution in [0.15, 0.2) is 0 Å². The molecule has 0 bridgehead atoms. The molecule has 0 aromatic heterocycles. The number of rotatable bonds is 0. The van der Waals surface area contributed by atoms with E-state index in [2.05, 4.69) is 0 Å². The van der Waals surface area contributed by atoms with Crippen molar-refractivity contribution in [1.82, 2.24) is 4.90 Å². The van der Waals surface area contributed by atoms with Crippen molar-refractivity contribution in [1.29, 1.82) is 0 Å². The minimum absolute atomic E-state index is 0.0471. The molecule has 1 atom stereocenters. The summed E-state index contributed by atoms with van der Waals surface area (Å²) in [6, 6.07) is 0. The molecule has 0 radical (unpaired) electrons. The van der Waals surface area contributed by atoms with Gasteiger partial charge in [-0.05, 0) is 27.2 Å². The second kappa shape index (κ2) is 4.14. The number of β-amino-alcohol motifs (C(OH)–C–C–N with tert-alkyl or cyclic N) is 1. The van der Waals surface area contributed by atoms with Crippen molar-refractivity contribution in [3.05, 3.63) is 0 Å². The van der Waals surface area contributed by atoms with Gasteiger partial charge in [-0.3, -0.25) is 0 Å². The molecule has 1 spiro atoms. The number of carbonyl (C=O) groups excluding carboxylic acids is 1. The Labute approximate surface area is 102 Å². The van der Waals surface area contributed by atoms with E-state index in [1.54, 1.807) is 4.90 Å². The summed E-state index contributed by atoms with van der Waals surface area (Å²) in [6.45, 7) is 7.76. The maximum atomic E-state index is 11.9. The highest BCUT2D eigenvalue weighted by atomic mass is 16.6. The summed E-state index contributed by atoms with van der Waals surface area (Å²) in [7, 11) is 0. The Balaban J connectivity index is 1.98. The van der Waals surface area contributed by atoms with Crippen LogP contribution in [-0.4, -0.2) is 54.1 Å². The second-order valence-corrected chi connectivity index (χ2v) is 6.21. The van der Waals surface area contributed by atoms with Crippen molar-refractivity contribution >= 4 is 6.09 Å². The van der Waals surface area contributed by atoms with Crippen LogP contribution in [0.2, 0.25) is 0 Å². The van der Waals surface area contributed by atoms with E-state index in [0.717, 1.165) is 0 Å². The van der Waals surface area contributed by atoms with Gasteiger partial charge in [0.15, 0.2) is 0 Å². The predicted octanol–water partition coefficient (Wildman–Crippen LogP) is 1.00. The van der Waals surface area contributed by atoms with Crippen LogP contribution in [0.4, 0.5) is 4.79 Å². The van der Waals surface area contributed by atoms with E-state index in [1.165, 1.54) is 0 Å². The van der Waals surface area contributed by atoms with Crippen molar-refractivity contribution in [2.45, 2.75) is 38.9 Å². The topological polar surface area (TPSA) is 59.0 Å². The zero-order valence-corrected chi connectivity index (χ0v) is 10.7. The summed E-state index contributed by atoms with van der Waals surface area (Å²) in [5.41, 5.74) is -0.544. The van der Waals surface area contributed by atoms with E-state index >= 15 is 0 Å². The van der Waals surface area contributed by atoms with Gasteiger partial charge in [0.1, 0.15) is 5.60 Å². The molecular weight excluding hydrogens is 222 g/mol. The monoisotopic (exact) mass is 243 g/mol. The summed E-state index contributed by atoms with van der Waals surface area (Å²) >= 11 is 0. The third-order valence-electron chi connectivity index (χ3n) is 3.09. The Morgan fingerprint density at radius 1 is 1.47 bits per heavy atom. The third kappa shape index (κ3) is 2.90. The van der Waals surface area contributed by atoms with Crippen LogP contribution in [0.3, 0.4) is 0 Å². The molecule has 0 aromatic carbocycles. The quantitative estimate of drug-likeness (QED) is 0.689. The second-order valence-electron chi connectivity index (χ2n) is 6.21. The molecule has 2 heterocycles. The first kappa shape index (κ1) is 12.6. The van der Waals surface area contributed by atoms with Gasteiger partial charge in [0, 0.05) is 18.5 Å².